The molecule has 1 atom stereocenters. The number of carbonyl (C=O) groups excluding carboxylic acids is 2. The van der Waals surface area contributed by atoms with E-state index in [0.717, 1.165) is 11.0 Å². The van der Waals surface area contributed by atoms with Gasteiger partial charge in [-0.1, -0.05) is 0 Å². The van der Waals surface area contributed by atoms with Crippen LogP contribution in [-0.4, -0.2) is 62.4 Å². The van der Waals surface area contributed by atoms with Crippen molar-refractivity contribution >= 4 is 29.1 Å². The van der Waals surface area contributed by atoms with Gasteiger partial charge in [-0.15, -0.1) is 0 Å². The molecule has 11 heteroatoms. The minimum absolute atomic E-state index is 0.00807. The first-order valence-electron chi connectivity index (χ1n) is 8.40. The van der Waals surface area contributed by atoms with Gasteiger partial charge in [-0.25, -0.2) is 9.18 Å². The van der Waals surface area contributed by atoms with Crippen molar-refractivity contribution in [3.63, 3.8) is 0 Å². The molecular formula is C16H19FN4O6. The predicted octanol–water partition coefficient (Wildman–Crippen LogP) is 1.03. The van der Waals surface area contributed by atoms with Crippen LogP contribution in [0.25, 0.3) is 0 Å². The van der Waals surface area contributed by atoms with Crippen molar-refractivity contribution < 1.29 is 28.4 Å². The van der Waals surface area contributed by atoms with E-state index in [9.17, 15) is 24.1 Å². The van der Waals surface area contributed by atoms with E-state index in [-0.39, 0.29) is 30.4 Å². The molecule has 146 valence electrons. The van der Waals surface area contributed by atoms with Crippen molar-refractivity contribution in [2.75, 3.05) is 49.2 Å². The fourth-order valence-electron chi connectivity index (χ4n) is 3.03. The number of benzene rings is 1. The monoisotopic (exact) mass is 382 g/mol. The van der Waals surface area contributed by atoms with Crippen LogP contribution in [0.1, 0.15) is 6.92 Å². The highest BCUT2D eigenvalue weighted by Gasteiger charge is 2.37. The quantitative estimate of drug-likeness (QED) is 0.597. The maximum Gasteiger partial charge on any atom is 0.415 e. The summed E-state index contributed by atoms with van der Waals surface area (Å²) >= 11 is 0. The van der Waals surface area contributed by atoms with E-state index in [1.807, 2.05) is 0 Å². The van der Waals surface area contributed by atoms with Crippen molar-refractivity contribution in [1.82, 2.24) is 5.32 Å². The molecule has 3 rings (SSSR count). The molecule has 2 aliphatic heterocycles. The van der Waals surface area contributed by atoms with Crippen LogP contribution in [0.4, 0.5) is 26.2 Å². The second-order valence-electron chi connectivity index (χ2n) is 6.20. The maximum absolute atomic E-state index is 14.5. The lowest BCUT2D eigenvalue weighted by molar-refractivity contribution is -0.384. The third kappa shape index (κ3) is 4.08. The summed E-state index contributed by atoms with van der Waals surface area (Å²) in [6.45, 7) is 3.12. The molecule has 27 heavy (non-hydrogen) atoms. The van der Waals surface area contributed by atoms with E-state index in [4.69, 9.17) is 9.47 Å². The SMILES string of the molecule is CC(=O)NCC1CN(c2cc(N3CCOCC3)c(F)cc2[N+](=O)[O-])C(=O)O1. The normalized spacial score (nSPS) is 19.8. The van der Waals surface area contributed by atoms with Crippen molar-refractivity contribution in [3.8, 4) is 0 Å². The zero-order valence-corrected chi connectivity index (χ0v) is 14.6. The molecule has 0 saturated carbocycles. The lowest BCUT2D eigenvalue weighted by Gasteiger charge is -2.29. The standard InChI is InChI=1S/C16H19FN4O6/c1-10(22)18-8-11-9-20(16(23)27-11)14-7-13(19-2-4-26-5-3-19)12(17)6-15(14)21(24)25/h6-7,11H,2-5,8-9H2,1H3,(H,18,22). The summed E-state index contributed by atoms with van der Waals surface area (Å²) in [5.74, 6) is -1.03. The Bertz CT molecular complexity index is 768. The van der Waals surface area contributed by atoms with Gasteiger partial charge in [0.2, 0.25) is 5.91 Å². The van der Waals surface area contributed by atoms with Gasteiger partial charge in [-0.2, -0.15) is 0 Å². The summed E-state index contributed by atoms with van der Waals surface area (Å²) in [5, 5.41) is 13.9. The van der Waals surface area contributed by atoms with Crippen molar-refractivity contribution in [2.45, 2.75) is 13.0 Å². The zero-order valence-electron chi connectivity index (χ0n) is 14.6. The molecule has 1 aromatic rings. The van der Waals surface area contributed by atoms with Crippen LogP contribution in [0.3, 0.4) is 0 Å². The van der Waals surface area contributed by atoms with Crippen LogP contribution < -0.4 is 15.1 Å². The highest BCUT2D eigenvalue weighted by atomic mass is 19.1. The lowest BCUT2D eigenvalue weighted by atomic mass is 10.1. The summed E-state index contributed by atoms with van der Waals surface area (Å²) in [7, 11) is 0. The average molecular weight is 382 g/mol. The first kappa shape index (κ1) is 18.8. The van der Waals surface area contributed by atoms with Crippen LogP contribution in [-0.2, 0) is 14.3 Å². The van der Waals surface area contributed by atoms with E-state index >= 15 is 0 Å². The van der Waals surface area contributed by atoms with Crippen molar-refractivity contribution in [2.24, 2.45) is 0 Å². The highest BCUT2D eigenvalue weighted by molar-refractivity contribution is 5.93. The Morgan fingerprint density at radius 1 is 1.37 bits per heavy atom. The van der Waals surface area contributed by atoms with Gasteiger partial charge in [0.05, 0.1) is 43.0 Å². The molecule has 2 aliphatic rings. The number of amides is 2. The van der Waals surface area contributed by atoms with Gasteiger partial charge in [-0.05, 0) is 6.07 Å². The molecule has 1 unspecified atom stereocenters. The number of nitrogens with one attached hydrogen (secondary N) is 1. The first-order chi connectivity index (χ1) is 12.9. The minimum Gasteiger partial charge on any atom is -0.442 e. The number of cyclic esters (lactones) is 1. The number of nitro groups is 1. The summed E-state index contributed by atoms with van der Waals surface area (Å²) in [4.78, 5) is 36.7. The zero-order chi connectivity index (χ0) is 19.6. The van der Waals surface area contributed by atoms with E-state index in [1.54, 1.807) is 4.90 Å². The number of carbonyl (C=O) groups is 2. The molecule has 0 radical (unpaired) electrons. The first-order valence-corrected chi connectivity index (χ1v) is 8.40. The molecule has 2 saturated heterocycles. The Hall–Kier alpha value is -2.95. The number of ether oxygens (including phenoxy) is 2. The maximum atomic E-state index is 14.5. The van der Waals surface area contributed by atoms with E-state index < -0.39 is 28.6 Å². The van der Waals surface area contributed by atoms with Gasteiger partial charge in [0.15, 0.2) is 5.82 Å². The minimum atomic E-state index is -0.784. The molecule has 0 bridgehead atoms. The fraction of sp³-hybridized carbons (Fsp3) is 0.500. The average Bonchev–Trinajstić information content (AvgIpc) is 3.01. The summed E-state index contributed by atoms with van der Waals surface area (Å²) in [6, 6.07) is 2.11. The number of nitrogens with zero attached hydrogens (tertiary/aromatic N) is 3. The number of anilines is 2. The van der Waals surface area contributed by atoms with Crippen molar-refractivity contribution in [1.29, 1.82) is 0 Å². The Kier molecular flexibility index (Phi) is 5.40. The second-order valence-corrected chi connectivity index (χ2v) is 6.20. The van der Waals surface area contributed by atoms with Gasteiger partial charge < -0.3 is 19.7 Å². The molecule has 0 spiro atoms. The number of nitro benzene ring substituents is 1. The van der Waals surface area contributed by atoms with Gasteiger partial charge in [-0.3, -0.25) is 19.8 Å². The van der Waals surface area contributed by atoms with Crippen LogP contribution in [0.2, 0.25) is 0 Å². The van der Waals surface area contributed by atoms with Crippen LogP contribution in [0.5, 0.6) is 0 Å². The smallest absolute Gasteiger partial charge is 0.415 e. The third-order valence-corrected chi connectivity index (χ3v) is 4.34. The predicted molar refractivity (Wildman–Crippen MR) is 92.4 cm³/mol. The number of rotatable bonds is 5. The summed E-state index contributed by atoms with van der Waals surface area (Å²) in [5.41, 5.74) is -0.406. The number of hydrogen-bond donors (Lipinski definition) is 1. The third-order valence-electron chi connectivity index (χ3n) is 4.34. The fourth-order valence-corrected chi connectivity index (χ4v) is 3.03. The van der Waals surface area contributed by atoms with E-state index in [1.165, 1.54) is 13.0 Å². The number of morpholine rings is 1. The Labute approximate surface area is 154 Å². The Balaban J connectivity index is 1.91. The molecule has 2 heterocycles. The summed E-state index contributed by atoms with van der Waals surface area (Å²) < 4.78 is 24.9. The molecule has 10 nitrogen and oxygen atoms in total. The number of hydrogen-bond acceptors (Lipinski definition) is 7. The molecule has 2 fully saturated rings. The highest BCUT2D eigenvalue weighted by Crippen LogP contribution is 2.37. The lowest BCUT2D eigenvalue weighted by Crippen LogP contribution is -2.37. The second kappa shape index (κ2) is 7.74. The molecule has 1 aromatic carbocycles. The topological polar surface area (TPSA) is 114 Å². The molecule has 0 aliphatic carbocycles. The number of halogens is 1. The van der Waals surface area contributed by atoms with Gasteiger partial charge in [0.25, 0.3) is 5.69 Å². The van der Waals surface area contributed by atoms with Crippen LogP contribution in [0, 0.1) is 15.9 Å². The summed E-state index contributed by atoms with van der Waals surface area (Å²) in [6.07, 6.45) is -1.44. The Morgan fingerprint density at radius 2 is 2.07 bits per heavy atom. The Morgan fingerprint density at radius 3 is 2.70 bits per heavy atom. The molecule has 2 amide bonds. The molecule has 1 N–H and O–H groups in total. The van der Waals surface area contributed by atoms with Crippen LogP contribution >= 0.6 is 0 Å². The van der Waals surface area contributed by atoms with E-state index in [0.29, 0.717) is 26.3 Å². The van der Waals surface area contributed by atoms with Gasteiger partial charge in [0.1, 0.15) is 11.8 Å². The van der Waals surface area contributed by atoms with Crippen molar-refractivity contribution in [3.05, 3.63) is 28.1 Å². The van der Waals surface area contributed by atoms with Gasteiger partial charge in [0, 0.05) is 20.0 Å². The largest absolute Gasteiger partial charge is 0.442 e. The van der Waals surface area contributed by atoms with Gasteiger partial charge >= 0.3 is 6.09 Å². The van der Waals surface area contributed by atoms with E-state index in [2.05, 4.69) is 5.32 Å². The van der Waals surface area contributed by atoms with Crippen LogP contribution in [0.15, 0.2) is 12.1 Å². The molecular weight excluding hydrogens is 363 g/mol. The molecule has 0 aromatic heterocycles.